The van der Waals surface area contributed by atoms with Crippen molar-refractivity contribution in [3.05, 3.63) is 70.3 Å². The standard InChI is InChI=1S/C20H27N/c1-5-13-21-20(18-10-8-7-9-17(18)6-2)19-14-15(3)11-12-16(19)4/h7-12,14,20-21H,5-6,13H2,1-4H3. The van der Waals surface area contributed by atoms with E-state index in [0.29, 0.717) is 6.04 Å². The van der Waals surface area contributed by atoms with Gasteiger partial charge in [0.05, 0.1) is 6.04 Å². The third-order valence-corrected chi connectivity index (χ3v) is 4.09. The van der Waals surface area contributed by atoms with Crippen molar-refractivity contribution < 1.29 is 0 Å². The van der Waals surface area contributed by atoms with E-state index < -0.39 is 0 Å². The predicted octanol–water partition coefficient (Wildman–Crippen LogP) is 4.95. The van der Waals surface area contributed by atoms with Gasteiger partial charge < -0.3 is 5.32 Å². The quantitative estimate of drug-likeness (QED) is 0.789. The van der Waals surface area contributed by atoms with Crippen LogP contribution < -0.4 is 5.32 Å². The molecule has 21 heavy (non-hydrogen) atoms. The van der Waals surface area contributed by atoms with Crippen LogP contribution in [-0.4, -0.2) is 6.54 Å². The van der Waals surface area contributed by atoms with E-state index in [4.69, 9.17) is 0 Å². The van der Waals surface area contributed by atoms with Crippen molar-refractivity contribution in [2.24, 2.45) is 0 Å². The summed E-state index contributed by atoms with van der Waals surface area (Å²) in [6.07, 6.45) is 2.22. The van der Waals surface area contributed by atoms with Crippen LogP contribution >= 0.6 is 0 Å². The zero-order valence-electron chi connectivity index (χ0n) is 13.7. The van der Waals surface area contributed by atoms with Crippen LogP contribution in [0.5, 0.6) is 0 Å². The first-order valence-corrected chi connectivity index (χ1v) is 8.05. The van der Waals surface area contributed by atoms with Gasteiger partial charge >= 0.3 is 0 Å². The lowest BCUT2D eigenvalue weighted by Gasteiger charge is -2.24. The molecular formula is C20H27N. The van der Waals surface area contributed by atoms with Crippen LogP contribution in [0, 0.1) is 13.8 Å². The Morgan fingerprint density at radius 3 is 2.43 bits per heavy atom. The van der Waals surface area contributed by atoms with Crippen molar-refractivity contribution >= 4 is 0 Å². The van der Waals surface area contributed by atoms with Gasteiger partial charge in [-0.2, -0.15) is 0 Å². The number of rotatable bonds is 6. The summed E-state index contributed by atoms with van der Waals surface area (Å²) in [6, 6.07) is 15.9. The van der Waals surface area contributed by atoms with E-state index in [-0.39, 0.29) is 0 Å². The van der Waals surface area contributed by atoms with E-state index in [1.54, 1.807) is 0 Å². The number of hydrogen-bond acceptors (Lipinski definition) is 1. The molecule has 1 heteroatoms. The Hall–Kier alpha value is -1.60. The Kier molecular flexibility index (Phi) is 5.58. The first kappa shape index (κ1) is 15.8. The lowest BCUT2D eigenvalue weighted by atomic mass is 9.90. The van der Waals surface area contributed by atoms with E-state index in [1.165, 1.54) is 27.8 Å². The van der Waals surface area contributed by atoms with Crippen LogP contribution in [0.1, 0.15) is 54.1 Å². The van der Waals surface area contributed by atoms with Gasteiger partial charge in [-0.25, -0.2) is 0 Å². The molecule has 2 aromatic rings. The summed E-state index contributed by atoms with van der Waals surface area (Å²) in [6.45, 7) is 9.88. The van der Waals surface area contributed by atoms with Crippen LogP contribution in [0.4, 0.5) is 0 Å². The second kappa shape index (κ2) is 7.42. The van der Waals surface area contributed by atoms with Gasteiger partial charge in [-0.05, 0) is 55.5 Å². The largest absolute Gasteiger partial charge is 0.306 e. The molecule has 0 fully saturated rings. The second-order valence-corrected chi connectivity index (χ2v) is 5.80. The molecule has 0 aliphatic carbocycles. The lowest BCUT2D eigenvalue weighted by Crippen LogP contribution is -2.25. The summed E-state index contributed by atoms with van der Waals surface area (Å²) in [4.78, 5) is 0. The summed E-state index contributed by atoms with van der Waals surface area (Å²) in [5.41, 5.74) is 6.95. The molecule has 1 atom stereocenters. The number of aryl methyl sites for hydroxylation is 3. The fourth-order valence-electron chi connectivity index (χ4n) is 2.88. The molecule has 0 aliphatic heterocycles. The zero-order chi connectivity index (χ0) is 15.2. The zero-order valence-corrected chi connectivity index (χ0v) is 13.7. The van der Waals surface area contributed by atoms with E-state index in [2.05, 4.69) is 75.5 Å². The molecule has 112 valence electrons. The third-order valence-electron chi connectivity index (χ3n) is 4.09. The molecule has 2 aromatic carbocycles. The van der Waals surface area contributed by atoms with Gasteiger partial charge in [-0.3, -0.25) is 0 Å². The molecule has 0 heterocycles. The SMILES string of the molecule is CCCNC(c1cc(C)ccc1C)c1ccccc1CC. The Morgan fingerprint density at radius 1 is 0.952 bits per heavy atom. The molecule has 1 N–H and O–H groups in total. The van der Waals surface area contributed by atoms with Gasteiger partial charge in [0, 0.05) is 0 Å². The highest BCUT2D eigenvalue weighted by Gasteiger charge is 2.17. The fourth-order valence-corrected chi connectivity index (χ4v) is 2.88. The average Bonchev–Trinajstić information content (AvgIpc) is 2.51. The Morgan fingerprint density at radius 2 is 1.71 bits per heavy atom. The molecule has 2 rings (SSSR count). The minimum atomic E-state index is 0.293. The lowest BCUT2D eigenvalue weighted by molar-refractivity contribution is 0.592. The first-order chi connectivity index (χ1) is 10.2. The summed E-state index contributed by atoms with van der Waals surface area (Å²) >= 11 is 0. The van der Waals surface area contributed by atoms with Gasteiger partial charge in [0.15, 0.2) is 0 Å². The van der Waals surface area contributed by atoms with Crippen LogP contribution in [0.3, 0.4) is 0 Å². The highest BCUT2D eigenvalue weighted by Crippen LogP contribution is 2.28. The van der Waals surface area contributed by atoms with E-state index in [9.17, 15) is 0 Å². The smallest absolute Gasteiger partial charge is 0.0582 e. The third kappa shape index (κ3) is 3.74. The Bertz CT molecular complexity index is 586. The normalized spacial score (nSPS) is 12.4. The number of benzene rings is 2. The van der Waals surface area contributed by atoms with Gasteiger partial charge in [0.2, 0.25) is 0 Å². The first-order valence-electron chi connectivity index (χ1n) is 8.05. The summed E-state index contributed by atoms with van der Waals surface area (Å²) in [5, 5.41) is 3.74. The highest BCUT2D eigenvalue weighted by molar-refractivity contribution is 5.42. The molecule has 0 saturated carbocycles. The molecule has 0 aliphatic rings. The molecule has 1 nitrogen and oxygen atoms in total. The molecular weight excluding hydrogens is 254 g/mol. The molecule has 1 unspecified atom stereocenters. The van der Waals surface area contributed by atoms with Crippen molar-refractivity contribution in [1.29, 1.82) is 0 Å². The summed E-state index contributed by atoms with van der Waals surface area (Å²) in [5.74, 6) is 0. The molecule has 0 bridgehead atoms. The average molecular weight is 281 g/mol. The maximum atomic E-state index is 3.74. The predicted molar refractivity (Wildman–Crippen MR) is 91.9 cm³/mol. The maximum absolute atomic E-state index is 3.74. The molecule has 0 radical (unpaired) electrons. The molecule has 0 spiro atoms. The minimum Gasteiger partial charge on any atom is -0.306 e. The van der Waals surface area contributed by atoms with Crippen molar-refractivity contribution in [1.82, 2.24) is 5.32 Å². The van der Waals surface area contributed by atoms with Crippen molar-refractivity contribution in [3.8, 4) is 0 Å². The van der Waals surface area contributed by atoms with E-state index in [0.717, 1.165) is 19.4 Å². The minimum absolute atomic E-state index is 0.293. The monoisotopic (exact) mass is 281 g/mol. The van der Waals surface area contributed by atoms with E-state index in [1.807, 2.05) is 0 Å². The summed E-state index contributed by atoms with van der Waals surface area (Å²) in [7, 11) is 0. The topological polar surface area (TPSA) is 12.0 Å². The molecule has 0 amide bonds. The molecule has 0 aromatic heterocycles. The maximum Gasteiger partial charge on any atom is 0.0582 e. The van der Waals surface area contributed by atoms with Crippen molar-refractivity contribution in [2.75, 3.05) is 6.54 Å². The Labute approximate surface area is 129 Å². The van der Waals surface area contributed by atoms with Gasteiger partial charge in [-0.15, -0.1) is 0 Å². The van der Waals surface area contributed by atoms with Crippen molar-refractivity contribution in [3.63, 3.8) is 0 Å². The summed E-state index contributed by atoms with van der Waals surface area (Å²) < 4.78 is 0. The molecule has 0 saturated heterocycles. The number of hydrogen-bond donors (Lipinski definition) is 1. The number of nitrogens with one attached hydrogen (secondary N) is 1. The fraction of sp³-hybridized carbons (Fsp3) is 0.400. The van der Waals surface area contributed by atoms with Crippen LogP contribution in [0.25, 0.3) is 0 Å². The van der Waals surface area contributed by atoms with Crippen LogP contribution in [-0.2, 0) is 6.42 Å². The van der Waals surface area contributed by atoms with Gasteiger partial charge in [-0.1, -0.05) is 61.9 Å². The van der Waals surface area contributed by atoms with Crippen LogP contribution in [0.15, 0.2) is 42.5 Å². The second-order valence-electron chi connectivity index (χ2n) is 5.80. The van der Waals surface area contributed by atoms with E-state index >= 15 is 0 Å². The Balaban J connectivity index is 2.49. The van der Waals surface area contributed by atoms with Gasteiger partial charge in [0.25, 0.3) is 0 Å². The highest BCUT2D eigenvalue weighted by atomic mass is 14.9. The van der Waals surface area contributed by atoms with Crippen LogP contribution in [0.2, 0.25) is 0 Å². The van der Waals surface area contributed by atoms with Gasteiger partial charge in [0.1, 0.15) is 0 Å². The van der Waals surface area contributed by atoms with Crippen molar-refractivity contribution in [2.45, 2.75) is 46.6 Å².